The number of urea groups is 1. The number of nitriles is 1. The van der Waals surface area contributed by atoms with Crippen molar-refractivity contribution >= 4 is 11.7 Å². The van der Waals surface area contributed by atoms with Crippen molar-refractivity contribution in [2.75, 3.05) is 11.9 Å². The zero-order chi connectivity index (χ0) is 15.1. The molecule has 0 aliphatic heterocycles. The van der Waals surface area contributed by atoms with Gasteiger partial charge >= 0.3 is 6.03 Å². The van der Waals surface area contributed by atoms with E-state index in [1.807, 2.05) is 19.9 Å². The van der Waals surface area contributed by atoms with Crippen molar-refractivity contribution in [1.29, 1.82) is 5.26 Å². The predicted octanol–water partition coefficient (Wildman–Crippen LogP) is 2.90. The minimum atomic E-state index is -0.525. The van der Waals surface area contributed by atoms with E-state index in [2.05, 4.69) is 5.32 Å². The summed E-state index contributed by atoms with van der Waals surface area (Å²) in [5.41, 5.74) is 1.47. The molecule has 0 fully saturated rings. The zero-order valence-corrected chi connectivity index (χ0v) is 12.1. The summed E-state index contributed by atoms with van der Waals surface area (Å²) in [5, 5.41) is 20.8. The minimum absolute atomic E-state index is 0.0279. The van der Waals surface area contributed by atoms with Crippen LogP contribution in [0.1, 0.15) is 38.9 Å². The van der Waals surface area contributed by atoms with Crippen LogP contribution < -0.4 is 5.32 Å². The van der Waals surface area contributed by atoms with E-state index in [1.54, 1.807) is 36.1 Å². The molecule has 1 rings (SSSR count). The molecule has 0 spiro atoms. The lowest BCUT2D eigenvalue weighted by Gasteiger charge is -2.26. The number of nitrogens with zero attached hydrogens (tertiary/aromatic N) is 2. The average molecular weight is 275 g/mol. The molecule has 20 heavy (non-hydrogen) atoms. The molecule has 0 radical (unpaired) electrons. The lowest BCUT2D eigenvalue weighted by atomic mass is 10.1. The fourth-order valence-corrected chi connectivity index (χ4v) is 1.80. The Morgan fingerprint density at radius 1 is 1.35 bits per heavy atom. The van der Waals surface area contributed by atoms with Crippen molar-refractivity contribution in [2.24, 2.45) is 0 Å². The Kier molecular flexibility index (Phi) is 6.01. The number of benzene rings is 1. The van der Waals surface area contributed by atoms with E-state index < -0.39 is 6.10 Å². The topological polar surface area (TPSA) is 76.4 Å². The Morgan fingerprint density at radius 3 is 2.40 bits per heavy atom. The van der Waals surface area contributed by atoms with Crippen LogP contribution in [-0.4, -0.2) is 28.6 Å². The zero-order valence-electron chi connectivity index (χ0n) is 12.1. The largest absolute Gasteiger partial charge is 0.389 e. The molecule has 0 saturated heterocycles. The third-order valence-electron chi connectivity index (χ3n) is 2.99. The highest BCUT2D eigenvalue weighted by molar-refractivity contribution is 5.89. The predicted molar refractivity (Wildman–Crippen MR) is 78.2 cm³/mol. The number of hydrogen-bond acceptors (Lipinski definition) is 3. The van der Waals surface area contributed by atoms with E-state index in [1.165, 1.54) is 0 Å². The molecule has 0 aliphatic carbocycles. The quantitative estimate of drug-likeness (QED) is 0.867. The summed E-state index contributed by atoms with van der Waals surface area (Å²) in [4.78, 5) is 13.8. The molecule has 5 nitrogen and oxygen atoms in total. The van der Waals surface area contributed by atoms with Crippen molar-refractivity contribution in [3.05, 3.63) is 29.8 Å². The summed E-state index contributed by atoms with van der Waals surface area (Å²) in [7, 11) is 0. The van der Waals surface area contributed by atoms with Crippen molar-refractivity contribution in [2.45, 2.75) is 39.3 Å². The second kappa shape index (κ2) is 7.51. The molecular weight excluding hydrogens is 254 g/mol. The number of carbonyl (C=O) groups excluding carboxylic acids is 1. The first kappa shape index (κ1) is 16.0. The fourth-order valence-electron chi connectivity index (χ4n) is 1.80. The maximum Gasteiger partial charge on any atom is 0.322 e. The summed E-state index contributed by atoms with van der Waals surface area (Å²) in [6.45, 7) is 5.92. The Balaban J connectivity index is 2.70. The van der Waals surface area contributed by atoms with Gasteiger partial charge in [-0.1, -0.05) is 12.1 Å². The molecule has 2 N–H and O–H groups in total. The molecule has 5 heteroatoms. The summed E-state index contributed by atoms with van der Waals surface area (Å²) < 4.78 is 0. The third kappa shape index (κ3) is 4.56. The number of aliphatic hydroxyl groups is 1. The van der Waals surface area contributed by atoms with Gasteiger partial charge in [-0.3, -0.25) is 0 Å². The van der Waals surface area contributed by atoms with Crippen LogP contribution in [0.2, 0.25) is 0 Å². The Bertz CT molecular complexity index is 475. The van der Waals surface area contributed by atoms with E-state index in [4.69, 9.17) is 5.26 Å². The fraction of sp³-hybridized carbons (Fsp3) is 0.467. The van der Waals surface area contributed by atoms with Crippen molar-refractivity contribution in [1.82, 2.24) is 4.90 Å². The van der Waals surface area contributed by atoms with Crippen LogP contribution in [0.3, 0.4) is 0 Å². The van der Waals surface area contributed by atoms with Gasteiger partial charge in [0.1, 0.15) is 0 Å². The van der Waals surface area contributed by atoms with Gasteiger partial charge in [0.15, 0.2) is 0 Å². The SMILES string of the molecule is CC(O)c1ccc(NC(=O)N(CCC#N)C(C)C)cc1. The summed E-state index contributed by atoms with van der Waals surface area (Å²) in [6.07, 6.45) is -0.213. The maximum atomic E-state index is 12.1. The lowest BCUT2D eigenvalue weighted by Crippen LogP contribution is -2.40. The van der Waals surface area contributed by atoms with E-state index in [-0.39, 0.29) is 12.1 Å². The molecule has 1 aromatic carbocycles. The standard InChI is InChI=1S/C15H21N3O2/c1-11(2)18(10-4-9-16)15(20)17-14-7-5-13(6-8-14)12(3)19/h5-8,11-12,19H,4,10H2,1-3H3,(H,17,20). The molecule has 1 unspecified atom stereocenters. The number of anilines is 1. The number of nitrogens with one attached hydrogen (secondary N) is 1. The van der Waals surface area contributed by atoms with Crippen molar-refractivity contribution in [3.63, 3.8) is 0 Å². The number of rotatable bonds is 5. The highest BCUT2D eigenvalue weighted by Gasteiger charge is 2.16. The van der Waals surface area contributed by atoms with Gasteiger partial charge in [0, 0.05) is 18.3 Å². The molecule has 1 atom stereocenters. The lowest BCUT2D eigenvalue weighted by molar-refractivity contribution is 0.198. The smallest absolute Gasteiger partial charge is 0.322 e. The summed E-state index contributed by atoms with van der Waals surface area (Å²) in [6, 6.07) is 8.90. The molecule has 0 aliphatic rings. The second-order valence-electron chi connectivity index (χ2n) is 4.92. The Morgan fingerprint density at radius 2 is 1.95 bits per heavy atom. The first-order valence-corrected chi connectivity index (χ1v) is 6.68. The van der Waals surface area contributed by atoms with Crippen LogP contribution >= 0.6 is 0 Å². The first-order valence-electron chi connectivity index (χ1n) is 6.68. The van der Waals surface area contributed by atoms with Gasteiger partial charge in [-0.2, -0.15) is 5.26 Å². The van der Waals surface area contributed by atoms with Crippen LogP contribution in [0.5, 0.6) is 0 Å². The van der Waals surface area contributed by atoms with Gasteiger partial charge in [0.25, 0.3) is 0 Å². The molecule has 0 aromatic heterocycles. The molecular formula is C15H21N3O2. The molecule has 108 valence electrons. The van der Waals surface area contributed by atoms with Crippen LogP contribution in [-0.2, 0) is 0 Å². The normalized spacial score (nSPS) is 11.8. The Labute approximate surface area is 119 Å². The first-order chi connectivity index (χ1) is 9.45. The van der Waals surface area contributed by atoms with Gasteiger partial charge in [0.2, 0.25) is 0 Å². The maximum absolute atomic E-state index is 12.1. The van der Waals surface area contributed by atoms with E-state index in [0.717, 1.165) is 5.56 Å². The van der Waals surface area contributed by atoms with Crippen LogP contribution in [0.15, 0.2) is 24.3 Å². The van der Waals surface area contributed by atoms with Crippen LogP contribution in [0, 0.1) is 11.3 Å². The van der Waals surface area contributed by atoms with Crippen LogP contribution in [0.25, 0.3) is 0 Å². The highest BCUT2D eigenvalue weighted by atomic mass is 16.3. The molecule has 2 amide bonds. The van der Waals surface area contributed by atoms with Gasteiger partial charge < -0.3 is 15.3 Å². The minimum Gasteiger partial charge on any atom is -0.389 e. The number of aliphatic hydroxyl groups excluding tert-OH is 1. The van der Waals surface area contributed by atoms with E-state index in [0.29, 0.717) is 18.7 Å². The van der Waals surface area contributed by atoms with E-state index in [9.17, 15) is 9.90 Å². The summed E-state index contributed by atoms with van der Waals surface area (Å²) >= 11 is 0. The average Bonchev–Trinajstić information content (AvgIpc) is 2.39. The molecule has 0 saturated carbocycles. The number of amides is 2. The van der Waals surface area contributed by atoms with E-state index >= 15 is 0 Å². The molecule has 0 heterocycles. The van der Waals surface area contributed by atoms with Gasteiger partial charge in [0.05, 0.1) is 18.6 Å². The summed E-state index contributed by atoms with van der Waals surface area (Å²) in [5.74, 6) is 0. The Hall–Kier alpha value is -2.06. The molecule has 1 aromatic rings. The van der Waals surface area contributed by atoms with Gasteiger partial charge in [-0.25, -0.2) is 4.79 Å². The number of hydrogen-bond donors (Lipinski definition) is 2. The van der Waals surface area contributed by atoms with Crippen molar-refractivity contribution in [3.8, 4) is 6.07 Å². The monoisotopic (exact) mass is 275 g/mol. The van der Waals surface area contributed by atoms with Crippen LogP contribution in [0.4, 0.5) is 10.5 Å². The molecule has 0 bridgehead atoms. The number of carbonyl (C=O) groups is 1. The highest BCUT2D eigenvalue weighted by Crippen LogP contribution is 2.16. The third-order valence-corrected chi connectivity index (χ3v) is 2.99. The van der Waals surface area contributed by atoms with Crippen molar-refractivity contribution < 1.29 is 9.90 Å². The van der Waals surface area contributed by atoms with Gasteiger partial charge in [-0.15, -0.1) is 0 Å². The second-order valence-corrected chi connectivity index (χ2v) is 4.92. The van der Waals surface area contributed by atoms with Gasteiger partial charge in [-0.05, 0) is 38.5 Å².